The summed E-state index contributed by atoms with van der Waals surface area (Å²) in [4.78, 5) is 0. The minimum atomic E-state index is 0. The van der Waals surface area contributed by atoms with Gasteiger partial charge in [0.25, 0.3) is 0 Å². The molecule has 7 heavy (non-hydrogen) atoms. The molecule has 1 radical (unpaired) electrons. The van der Waals surface area contributed by atoms with Gasteiger partial charge in [-0.2, -0.15) is 0 Å². The van der Waals surface area contributed by atoms with E-state index in [1.54, 1.807) is 0 Å². The smallest absolute Gasteiger partial charge is 0.0149 e. The van der Waals surface area contributed by atoms with Crippen LogP contribution in [-0.2, 0) is 89.1 Å². The van der Waals surface area contributed by atoms with E-state index >= 15 is 0 Å². The van der Waals surface area contributed by atoms with Gasteiger partial charge >= 0.3 is 0 Å². The third-order valence-electron chi connectivity index (χ3n) is 0. The van der Waals surface area contributed by atoms with Gasteiger partial charge in [-0.05, 0) is 11.0 Å². The van der Waals surface area contributed by atoms with Crippen LogP contribution in [0.5, 0.6) is 0 Å². The van der Waals surface area contributed by atoms with Crippen molar-refractivity contribution in [1.82, 2.24) is 0 Å². The second-order valence-corrected chi connectivity index (χ2v) is 0. The molecule has 0 aromatic carbocycles. The summed E-state index contributed by atoms with van der Waals surface area (Å²) < 4.78 is 0. The molecule has 0 aliphatic carbocycles. The molecule has 0 N–H and O–H groups in total. The second kappa shape index (κ2) is 63.3. The molecule has 0 aromatic heterocycles. The van der Waals surface area contributed by atoms with Crippen LogP contribution < -0.4 is 0 Å². The average Bonchev–Trinajstić information content (AvgIpc) is 0. The van der Waals surface area contributed by atoms with Crippen LogP contribution in [0.1, 0.15) is 0 Å². The van der Waals surface area contributed by atoms with Crippen LogP contribution in [0.2, 0.25) is 0 Å². The molecular formula is H7BCrFeMnNiSiW. The van der Waals surface area contributed by atoms with E-state index in [4.69, 9.17) is 0 Å². The molecule has 0 spiro atoms. The number of hydrogen-bond donors (Lipinski definition) is 0. The van der Waals surface area contributed by atoms with Gasteiger partial charge in [0.2, 0.25) is 0 Å². The molecule has 0 fully saturated rings. The first kappa shape index (κ1) is 88.9. The van der Waals surface area contributed by atoms with Gasteiger partial charge in [-0.25, -0.2) is 0 Å². The molecule has 0 aromatic rings. The topological polar surface area (TPSA) is 0 Å². The zero-order valence-electron chi connectivity index (χ0n) is 1.86. The Bertz CT molecular complexity index is 19.7. The largest absolute Gasteiger partial charge is 0.0814 e. The third-order valence-corrected chi connectivity index (χ3v) is 0. The molecule has 0 aliphatic rings. The van der Waals surface area contributed by atoms with E-state index in [1.807, 2.05) is 0 Å². The Morgan fingerprint density at radius 2 is 1.00 bits per heavy atom. The van der Waals surface area contributed by atoms with Crippen molar-refractivity contribution in [3.05, 3.63) is 0 Å². The van der Waals surface area contributed by atoms with Crippen LogP contribution in [0.3, 0.4) is 0 Å². The van der Waals surface area contributed by atoms with Gasteiger partial charge < -0.3 is 0 Å². The van der Waals surface area contributed by atoms with Crippen molar-refractivity contribution in [3.8, 4) is 0 Å². The molecule has 0 amide bonds. The van der Waals surface area contributed by atoms with Gasteiger partial charge in [0, 0.05) is 89.1 Å². The van der Waals surface area contributed by atoms with E-state index in [2.05, 4.69) is 0 Å². The minimum absolute atomic E-state index is 0. The van der Waals surface area contributed by atoms with E-state index in [0.29, 0.717) is 0 Å². The summed E-state index contributed by atoms with van der Waals surface area (Å²) in [7, 11) is 0. The van der Waals surface area contributed by atoms with Crippen LogP contribution >= 0.6 is 0 Å². The fourth-order valence-electron chi connectivity index (χ4n) is 0. The van der Waals surface area contributed by atoms with Crippen molar-refractivity contribution in [2.45, 2.75) is 0 Å². The van der Waals surface area contributed by atoms with Gasteiger partial charge in [-0.3, -0.25) is 0 Å². The Kier molecular flexibility index (Phi) is 804. The van der Waals surface area contributed by atoms with E-state index < -0.39 is 0 Å². The van der Waals surface area contributed by atoms with Gasteiger partial charge in [0.1, 0.15) is 0 Å². The van der Waals surface area contributed by atoms with Crippen molar-refractivity contribution >= 4 is 19.4 Å². The van der Waals surface area contributed by atoms with E-state index in [0.717, 1.165) is 0 Å². The van der Waals surface area contributed by atoms with Gasteiger partial charge in [-0.15, -0.1) is 0 Å². The molecule has 7 heteroatoms. The van der Waals surface area contributed by atoms with Crippen LogP contribution in [0.4, 0.5) is 0 Å². The normalized spacial score (nSPS) is 0. The van der Waals surface area contributed by atoms with Gasteiger partial charge in [-0.1, -0.05) is 0 Å². The van der Waals surface area contributed by atoms with Crippen molar-refractivity contribution in [1.29, 1.82) is 0 Å². The molecule has 0 unspecified atom stereocenters. The van der Waals surface area contributed by atoms with Gasteiger partial charge in [0.15, 0.2) is 0 Å². The third kappa shape index (κ3) is 48.5. The van der Waals surface area contributed by atoms with Crippen LogP contribution in [0, 0.1) is 0 Å². The molecule has 51 valence electrons. The van der Waals surface area contributed by atoms with Gasteiger partial charge in [0.05, 0.1) is 8.41 Å². The molecule has 0 nitrogen and oxygen atoms in total. The monoisotopic (exact) mass is 451 g/mol. The summed E-state index contributed by atoms with van der Waals surface area (Å²) in [5.74, 6) is 0. The quantitative estimate of drug-likeness (QED) is 0.354. The number of hydrogen-bond acceptors (Lipinski definition) is 0. The van der Waals surface area contributed by atoms with Crippen molar-refractivity contribution < 1.29 is 89.1 Å². The Morgan fingerprint density at radius 1 is 1.00 bits per heavy atom. The Labute approximate surface area is 107 Å². The summed E-state index contributed by atoms with van der Waals surface area (Å²) in [5.41, 5.74) is 0. The van der Waals surface area contributed by atoms with Crippen molar-refractivity contribution in [3.63, 3.8) is 0 Å². The van der Waals surface area contributed by atoms with Crippen LogP contribution in [0.15, 0.2) is 0 Å². The molecule has 0 heterocycles. The first-order valence-electron chi connectivity index (χ1n) is 0. The molecule has 0 atom stereocenters. The molecule has 0 aliphatic heterocycles. The first-order valence-corrected chi connectivity index (χ1v) is 0. The summed E-state index contributed by atoms with van der Waals surface area (Å²) in [6.07, 6.45) is 0. The Morgan fingerprint density at radius 3 is 1.00 bits per heavy atom. The molecule has 0 saturated carbocycles. The number of rotatable bonds is 0. The molecule has 0 bridgehead atoms. The standard InChI is InChI=1S/BH3.Cr.Fe.Mn.Ni.H4Si.W/h1H3;;;;;1H4;. The summed E-state index contributed by atoms with van der Waals surface area (Å²) >= 11 is 0. The summed E-state index contributed by atoms with van der Waals surface area (Å²) in [6, 6.07) is 0. The second-order valence-electron chi connectivity index (χ2n) is 0. The fourth-order valence-corrected chi connectivity index (χ4v) is 0. The van der Waals surface area contributed by atoms with Crippen LogP contribution in [0.25, 0.3) is 0 Å². The zero-order valence-corrected chi connectivity index (χ0v) is 9.34. The fraction of sp³-hybridized carbons (Fsp3) is 0. The van der Waals surface area contributed by atoms with Crippen molar-refractivity contribution in [2.24, 2.45) is 0 Å². The predicted molar refractivity (Wildman–Crippen MR) is 21.3 cm³/mol. The Balaban J connectivity index is 0. The maximum absolute atomic E-state index is 0. The van der Waals surface area contributed by atoms with E-state index in [1.165, 1.54) is 0 Å². The Hall–Kier alpha value is 3.04. The van der Waals surface area contributed by atoms with E-state index in [9.17, 15) is 0 Å². The SMILES string of the molecule is B.[Cr].[Fe].[Mn].[Ni].[SiH4].[W]. The summed E-state index contributed by atoms with van der Waals surface area (Å²) in [5, 5.41) is 0. The average molecular weight is 451 g/mol. The predicted octanol–water partition coefficient (Wildman–Crippen LogP) is -2.65. The molecule has 0 rings (SSSR count). The first-order chi connectivity index (χ1) is 0. The van der Waals surface area contributed by atoms with Crippen molar-refractivity contribution in [2.75, 3.05) is 0 Å². The molecular weight excluding hydrogens is 444 g/mol. The van der Waals surface area contributed by atoms with Crippen LogP contribution in [-0.4, -0.2) is 19.4 Å². The maximum Gasteiger partial charge on any atom is 0.0814 e. The molecule has 0 saturated heterocycles. The maximum atomic E-state index is 0. The van der Waals surface area contributed by atoms with E-state index in [-0.39, 0.29) is 108 Å². The minimum Gasteiger partial charge on any atom is -0.0149 e. The summed E-state index contributed by atoms with van der Waals surface area (Å²) in [6.45, 7) is 0. The zero-order chi connectivity index (χ0) is 0.